The van der Waals surface area contributed by atoms with E-state index < -0.39 is 12.1 Å². The van der Waals surface area contributed by atoms with Gasteiger partial charge in [-0.1, -0.05) is 20.3 Å². The lowest BCUT2D eigenvalue weighted by Crippen LogP contribution is -2.60. The molecule has 1 amide bonds. The smallest absolute Gasteiger partial charge is 0.228 e. The molecule has 6 unspecified atom stereocenters. The van der Waals surface area contributed by atoms with Crippen molar-refractivity contribution in [1.82, 2.24) is 15.5 Å². The highest BCUT2D eigenvalue weighted by molar-refractivity contribution is 6.28. The molecule has 3 aliphatic rings. The summed E-state index contributed by atoms with van der Waals surface area (Å²) in [6.07, 6.45) is 7.87. The molecule has 0 aromatic rings. The lowest BCUT2D eigenvalue weighted by Gasteiger charge is -2.41. The average Bonchev–Trinajstić information content (AvgIpc) is 2.77. The second kappa shape index (κ2) is 12.3. The fraction of sp³-hybridized carbons (Fsp3) is 0.917. The number of aliphatic imine (C=N–C) groups is 1. The highest BCUT2D eigenvalue weighted by Crippen LogP contribution is 2.38. The number of carbonyl (C=O) groups is 1. The highest BCUT2D eigenvalue weighted by Gasteiger charge is 2.40. The highest BCUT2D eigenvalue weighted by atomic mass is 35.5. The number of likely N-dealkylation sites (tertiary alicyclic amines) is 1. The molecular weight excluding hydrogens is 440 g/mol. The zero-order chi connectivity index (χ0) is 24.0. The monoisotopic (exact) mass is 484 g/mol. The van der Waals surface area contributed by atoms with E-state index in [1.807, 2.05) is 0 Å². The van der Waals surface area contributed by atoms with E-state index in [2.05, 4.69) is 36.4 Å². The Balaban J connectivity index is 1.74. The summed E-state index contributed by atoms with van der Waals surface area (Å²) in [6, 6.07) is -0.393. The van der Waals surface area contributed by atoms with E-state index in [1.54, 1.807) is 6.21 Å². The quantitative estimate of drug-likeness (QED) is 0.321. The number of piperidine rings is 2. The van der Waals surface area contributed by atoms with Crippen molar-refractivity contribution in [2.45, 2.75) is 94.6 Å². The molecule has 0 saturated carbocycles. The minimum absolute atomic E-state index is 0.0151. The SMILES string of the molecule is CC[C@]1(C)CCC(Cl)C=NC(C(C(=O)NC2CN(C)CCC2OC2CCCNC2)C(N)N)C1. The minimum Gasteiger partial charge on any atom is -0.371 e. The molecule has 190 valence electrons. The summed E-state index contributed by atoms with van der Waals surface area (Å²) in [7, 11) is 2.08. The number of nitrogens with zero attached hydrogens (tertiary/aromatic N) is 2. The number of ether oxygens (including phenoxy) is 1. The van der Waals surface area contributed by atoms with Gasteiger partial charge in [-0.15, -0.1) is 11.6 Å². The van der Waals surface area contributed by atoms with E-state index in [1.165, 1.54) is 0 Å². The molecule has 33 heavy (non-hydrogen) atoms. The van der Waals surface area contributed by atoms with Crippen molar-refractivity contribution in [2.24, 2.45) is 27.8 Å². The summed E-state index contributed by atoms with van der Waals surface area (Å²) < 4.78 is 6.47. The normalized spacial score (nSPS) is 37.4. The number of alkyl halides is 1. The van der Waals surface area contributed by atoms with Crippen molar-refractivity contribution in [3.63, 3.8) is 0 Å². The molecule has 9 heteroatoms. The Hall–Kier alpha value is -0.770. The van der Waals surface area contributed by atoms with Gasteiger partial charge >= 0.3 is 0 Å². The molecule has 2 saturated heterocycles. The van der Waals surface area contributed by atoms with E-state index in [4.69, 9.17) is 32.8 Å². The summed E-state index contributed by atoms with van der Waals surface area (Å²) in [5.74, 6) is -0.744. The van der Waals surface area contributed by atoms with Crippen LogP contribution >= 0.6 is 11.6 Å². The van der Waals surface area contributed by atoms with Crippen LogP contribution in [0, 0.1) is 11.3 Å². The first kappa shape index (κ1) is 26.8. The van der Waals surface area contributed by atoms with Crippen LogP contribution in [0.15, 0.2) is 4.99 Å². The topological polar surface area (TPSA) is 118 Å². The van der Waals surface area contributed by atoms with Crippen LogP contribution in [-0.4, -0.2) is 86.1 Å². The molecule has 3 aliphatic heterocycles. The second-order valence-corrected chi connectivity index (χ2v) is 11.3. The summed E-state index contributed by atoms with van der Waals surface area (Å²) in [6.45, 7) is 8.05. The third-order valence-electron chi connectivity index (χ3n) is 7.85. The Kier molecular flexibility index (Phi) is 9.97. The Bertz CT molecular complexity index is 659. The van der Waals surface area contributed by atoms with Gasteiger partial charge < -0.3 is 31.7 Å². The molecule has 0 aromatic carbocycles. The molecule has 8 nitrogen and oxygen atoms in total. The van der Waals surface area contributed by atoms with Crippen LogP contribution in [0.4, 0.5) is 0 Å². The number of halogens is 1. The summed E-state index contributed by atoms with van der Waals surface area (Å²) in [5, 5.41) is 6.54. The van der Waals surface area contributed by atoms with Crippen LogP contribution in [0.25, 0.3) is 0 Å². The van der Waals surface area contributed by atoms with E-state index in [0.29, 0.717) is 0 Å². The van der Waals surface area contributed by atoms with E-state index in [0.717, 1.165) is 71.1 Å². The fourth-order valence-corrected chi connectivity index (χ4v) is 5.60. The maximum atomic E-state index is 13.6. The fourth-order valence-electron chi connectivity index (χ4n) is 5.43. The molecule has 6 N–H and O–H groups in total. The predicted molar refractivity (Wildman–Crippen MR) is 135 cm³/mol. The van der Waals surface area contributed by atoms with Crippen LogP contribution in [-0.2, 0) is 9.53 Å². The van der Waals surface area contributed by atoms with Gasteiger partial charge in [0.2, 0.25) is 5.91 Å². The number of hydrogen-bond acceptors (Lipinski definition) is 7. The first-order valence-electron chi connectivity index (χ1n) is 12.7. The average molecular weight is 485 g/mol. The minimum atomic E-state index is -0.801. The van der Waals surface area contributed by atoms with Crippen molar-refractivity contribution in [3.8, 4) is 0 Å². The first-order valence-corrected chi connectivity index (χ1v) is 13.2. The Labute approximate surface area is 204 Å². The van der Waals surface area contributed by atoms with Crippen molar-refractivity contribution in [3.05, 3.63) is 0 Å². The number of nitrogens with two attached hydrogens (primary N) is 2. The summed E-state index contributed by atoms with van der Waals surface area (Å²) in [4.78, 5) is 20.6. The Morgan fingerprint density at radius 2 is 2.18 bits per heavy atom. The van der Waals surface area contributed by atoms with Gasteiger partial charge in [0.1, 0.15) is 0 Å². The van der Waals surface area contributed by atoms with Crippen molar-refractivity contribution in [1.29, 1.82) is 0 Å². The lowest BCUT2D eigenvalue weighted by atomic mass is 9.73. The molecule has 0 radical (unpaired) electrons. The summed E-state index contributed by atoms with van der Waals surface area (Å²) >= 11 is 6.45. The molecule has 3 heterocycles. The number of carbonyl (C=O) groups excluding carboxylic acids is 1. The zero-order valence-electron chi connectivity index (χ0n) is 20.6. The molecule has 0 aliphatic carbocycles. The van der Waals surface area contributed by atoms with E-state index in [-0.39, 0.29) is 41.0 Å². The molecule has 0 aromatic heterocycles. The summed E-state index contributed by atoms with van der Waals surface area (Å²) in [5.41, 5.74) is 12.4. The van der Waals surface area contributed by atoms with Crippen LogP contribution in [0.1, 0.15) is 58.8 Å². The number of hydrogen-bond donors (Lipinski definition) is 4. The molecule has 0 bridgehead atoms. The maximum absolute atomic E-state index is 13.6. The van der Waals surface area contributed by atoms with Crippen LogP contribution < -0.4 is 22.1 Å². The van der Waals surface area contributed by atoms with Gasteiger partial charge in [0.15, 0.2) is 0 Å². The van der Waals surface area contributed by atoms with Gasteiger partial charge in [0.25, 0.3) is 0 Å². The Morgan fingerprint density at radius 1 is 1.39 bits per heavy atom. The van der Waals surface area contributed by atoms with Crippen molar-refractivity contribution in [2.75, 3.05) is 33.2 Å². The number of nitrogens with one attached hydrogen (secondary N) is 2. The third kappa shape index (κ3) is 7.61. The van der Waals surface area contributed by atoms with Gasteiger partial charge in [-0.05, 0) is 57.5 Å². The molecule has 7 atom stereocenters. The van der Waals surface area contributed by atoms with Gasteiger partial charge in [-0.3, -0.25) is 9.79 Å². The van der Waals surface area contributed by atoms with Crippen molar-refractivity contribution >= 4 is 23.7 Å². The number of likely N-dealkylation sites (N-methyl/N-ethyl adjacent to an activating group) is 1. The second-order valence-electron chi connectivity index (χ2n) is 10.7. The first-order chi connectivity index (χ1) is 15.7. The maximum Gasteiger partial charge on any atom is 0.228 e. The number of amides is 1. The van der Waals surface area contributed by atoms with E-state index >= 15 is 0 Å². The lowest BCUT2D eigenvalue weighted by molar-refractivity contribution is -0.131. The third-order valence-corrected chi connectivity index (χ3v) is 8.18. The largest absolute Gasteiger partial charge is 0.371 e. The Morgan fingerprint density at radius 3 is 2.85 bits per heavy atom. The predicted octanol–water partition coefficient (Wildman–Crippen LogP) is 1.45. The van der Waals surface area contributed by atoms with E-state index in [9.17, 15) is 4.79 Å². The van der Waals surface area contributed by atoms with Gasteiger partial charge in [0.05, 0.1) is 41.8 Å². The molecule has 2 fully saturated rings. The number of rotatable bonds is 7. The zero-order valence-corrected chi connectivity index (χ0v) is 21.4. The van der Waals surface area contributed by atoms with Crippen LogP contribution in [0.5, 0.6) is 0 Å². The molecule has 0 spiro atoms. The van der Waals surface area contributed by atoms with Gasteiger partial charge in [0, 0.05) is 25.8 Å². The van der Waals surface area contributed by atoms with Crippen LogP contribution in [0.2, 0.25) is 0 Å². The molecule has 3 rings (SSSR count). The molecular formula is C24H45ClN6O2. The van der Waals surface area contributed by atoms with Crippen LogP contribution in [0.3, 0.4) is 0 Å². The standard InChI is InChI=1S/C24H45ClN6O2/c1-4-24(2)9-7-16(25)13-29-18(12-24)21(22(26)27)23(32)30-19-15-31(3)11-8-20(19)33-17-6-5-10-28-14-17/h13,16-22,28H,4-12,14-15,26-27H2,1-3H3,(H,30,32)/t16?,17?,18?,19?,20?,21?,24-/m1/s1. The van der Waals surface area contributed by atoms with Crippen molar-refractivity contribution < 1.29 is 9.53 Å². The van der Waals surface area contributed by atoms with Gasteiger partial charge in [-0.2, -0.15) is 0 Å². The van der Waals surface area contributed by atoms with Gasteiger partial charge in [-0.25, -0.2) is 0 Å².